The van der Waals surface area contributed by atoms with Crippen LogP contribution < -0.4 is 5.32 Å². The Hall–Kier alpha value is -2.38. The quantitative estimate of drug-likeness (QED) is 0.387. The van der Waals surface area contributed by atoms with Gasteiger partial charge in [-0.2, -0.15) is 13.2 Å². The summed E-state index contributed by atoms with van der Waals surface area (Å²) in [5.41, 5.74) is -5.10. The van der Waals surface area contributed by atoms with Crippen molar-refractivity contribution < 1.29 is 37.7 Å². The van der Waals surface area contributed by atoms with E-state index in [9.17, 15) is 33.0 Å². The van der Waals surface area contributed by atoms with Crippen molar-refractivity contribution in [2.24, 2.45) is 0 Å². The molecule has 200 valence electrons. The maximum Gasteiger partial charge on any atom is 0.417 e. The van der Waals surface area contributed by atoms with E-state index in [0.717, 1.165) is 34.4 Å². The molecule has 0 bridgehead atoms. The summed E-state index contributed by atoms with van der Waals surface area (Å²) in [7, 11) is 0. The molecule has 8 nitrogen and oxygen atoms in total. The van der Waals surface area contributed by atoms with Gasteiger partial charge in [0.2, 0.25) is 0 Å². The summed E-state index contributed by atoms with van der Waals surface area (Å²) in [6.07, 6.45) is -5.55. The van der Waals surface area contributed by atoms with Crippen molar-refractivity contribution in [2.75, 3.05) is 6.54 Å². The average Bonchev–Trinajstić information content (AvgIpc) is 3.22. The third-order valence-electron chi connectivity index (χ3n) is 5.07. The average molecular weight is 596 g/mol. The van der Waals surface area contributed by atoms with Crippen molar-refractivity contribution in [1.29, 1.82) is 0 Å². The zero-order valence-corrected chi connectivity index (χ0v) is 23.0. The Labute approximate surface area is 219 Å². The number of aromatic nitrogens is 1. The SMILES string of the molecule is CC(C)(C)OC(=O)N[C@H](CN(C(=O)O)C(C)(C)C)[C@@](O)(c1ccc(C(F)(F)F)c(Br)c1)c1nccs1. The molecule has 1 aromatic heterocycles. The summed E-state index contributed by atoms with van der Waals surface area (Å²) in [5, 5.41) is 26.1. The van der Waals surface area contributed by atoms with Crippen molar-refractivity contribution in [2.45, 2.75) is 70.5 Å². The van der Waals surface area contributed by atoms with Crippen molar-refractivity contribution in [3.8, 4) is 0 Å². The van der Waals surface area contributed by atoms with Crippen LogP contribution in [0.5, 0.6) is 0 Å². The number of carboxylic acid groups (broad SMARTS) is 1. The van der Waals surface area contributed by atoms with E-state index in [4.69, 9.17) is 4.74 Å². The number of carbonyl (C=O) groups excluding carboxylic acids is 1. The zero-order chi connectivity index (χ0) is 27.7. The Morgan fingerprint density at radius 1 is 1.19 bits per heavy atom. The first-order valence-electron chi connectivity index (χ1n) is 10.8. The van der Waals surface area contributed by atoms with Crippen LogP contribution in [-0.2, 0) is 16.5 Å². The van der Waals surface area contributed by atoms with Crippen LogP contribution in [0.4, 0.5) is 22.8 Å². The van der Waals surface area contributed by atoms with Crippen LogP contribution >= 0.6 is 27.3 Å². The number of alkyl carbamates (subject to hydrolysis) is 1. The third-order valence-corrected chi connectivity index (χ3v) is 6.63. The van der Waals surface area contributed by atoms with Gasteiger partial charge in [-0.1, -0.05) is 22.0 Å². The van der Waals surface area contributed by atoms with Crippen LogP contribution in [0.3, 0.4) is 0 Å². The number of benzene rings is 1. The molecule has 0 saturated carbocycles. The van der Waals surface area contributed by atoms with Gasteiger partial charge in [0.15, 0.2) is 5.60 Å². The summed E-state index contributed by atoms with van der Waals surface area (Å²) in [6, 6.07) is 1.54. The smallest absolute Gasteiger partial charge is 0.417 e. The van der Waals surface area contributed by atoms with E-state index in [0.29, 0.717) is 0 Å². The first-order valence-corrected chi connectivity index (χ1v) is 12.4. The lowest BCUT2D eigenvalue weighted by Crippen LogP contribution is -2.60. The molecule has 1 aromatic carbocycles. The topological polar surface area (TPSA) is 112 Å². The summed E-state index contributed by atoms with van der Waals surface area (Å²) >= 11 is 3.91. The lowest BCUT2D eigenvalue weighted by molar-refractivity contribution is -0.138. The highest BCUT2D eigenvalue weighted by molar-refractivity contribution is 9.10. The van der Waals surface area contributed by atoms with E-state index in [1.54, 1.807) is 46.9 Å². The molecule has 1 heterocycles. The number of hydrogen-bond acceptors (Lipinski definition) is 6. The molecule has 0 spiro atoms. The highest BCUT2D eigenvalue weighted by atomic mass is 79.9. The number of halogens is 4. The maximum atomic E-state index is 13.4. The van der Waals surface area contributed by atoms with E-state index >= 15 is 0 Å². The molecule has 2 amide bonds. The van der Waals surface area contributed by atoms with E-state index in [2.05, 4.69) is 26.2 Å². The van der Waals surface area contributed by atoms with Crippen molar-refractivity contribution in [3.63, 3.8) is 0 Å². The standard InChI is InChI=1S/C23H29BrF3N3O5S/c1-20(2,3)30(19(32)33)12-16(29-18(31)35-21(4,5)6)22(34,17-28-9-10-36-17)13-7-8-14(15(24)11-13)23(25,26)27/h7-11,16,34H,12H2,1-6H3,(H,29,31)(H,32,33)/t16-,22+/m1/s1. The molecule has 0 aliphatic carbocycles. The van der Waals surface area contributed by atoms with Crippen molar-refractivity contribution in [3.05, 3.63) is 50.4 Å². The van der Waals surface area contributed by atoms with Crippen molar-refractivity contribution >= 4 is 39.5 Å². The fraction of sp³-hybridized carbons (Fsp3) is 0.522. The zero-order valence-electron chi connectivity index (χ0n) is 20.6. The summed E-state index contributed by atoms with van der Waals surface area (Å²) in [5.74, 6) is 0. The van der Waals surface area contributed by atoms with Gasteiger partial charge in [-0.05, 0) is 59.2 Å². The Morgan fingerprint density at radius 3 is 2.22 bits per heavy atom. The first kappa shape index (κ1) is 29.8. The van der Waals surface area contributed by atoms with Gasteiger partial charge < -0.3 is 25.2 Å². The lowest BCUT2D eigenvalue weighted by Gasteiger charge is -2.41. The Bertz CT molecular complexity index is 1080. The van der Waals surface area contributed by atoms with Crippen molar-refractivity contribution in [1.82, 2.24) is 15.2 Å². The van der Waals surface area contributed by atoms with Gasteiger partial charge in [0.05, 0.1) is 11.6 Å². The van der Waals surface area contributed by atoms with Gasteiger partial charge in [-0.3, -0.25) is 0 Å². The second kappa shape index (κ2) is 10.5. The fourth-order valence-electron chi connectivity index (χ4n) is 3.42. The highest BCUT2D eigenvalue weighted by Gasteiger charge is 2.47. The van der Waals surface area contributed by atoms with Gasteiger partial charge in [-0.25, -0.2) is 14.6 Å². The van der Waals surface area contributed by atoms with Crippen LogP contribution in [0.25, 0.3) is 0 Å². The van der Waals surface area contributed by atoms with Crippen LogP contribution in [0.2, 0.25) is 0 Å². The predicted octanol–water partition coefficient (Wildman–Crippen LogP) is 5.83. The molecule has 0 fully saturated rings. The van der Waals surface area contributed by atoms with Crippen LogP contribution in [0.1, 0.15) is 57.7 Å². The lowest BCUT2D eigenvalue weighted by atomic mass is 9.85. The molecular weight excluding hydrogens is 567 g/mol. The molecule has 2 atom stereocenters. The van der Waals surface area contributed by atoms with E-state index in [-0.39, 0.29) is 15.0 Å². The normalized spacial score (nSPS) is 15.1. The molecule has 3 N–H and O–H groups in total. The number of amides is 2. The third kappa shape index (κ3) is 7.10. The van der Waals surface area contributed by atoms with Gasteiger partial charge in [0.1, 0.15) is 10.6 Å². The molecule has 0 saturated heterocycles. The Balaban J connectivity index is 2.73. The van der Waals surface area contributed by atoms with E-state index in [1.807, 2.05) is 0 Å². The number of thiazole rings is 1. The summed E-state index contributed by atoms with van der Waals surface area (Å²) in [4.78, 5) is 30.1. The molecule has 13 heteroatoms. The predicted molar refractivity (Wildman–Crippen MR) is 132 cm³/mol. The molecule has 2 rings (SSSR count). The van der Waals surface area contributed by atoms with Crippen LogP contribution in [-0.4, -0.2) is 56.0 Å². The number of rotatable bonds is 6. The number of carbonyl (C=O) groups is 2. The first-order chi connectivity index (χ1) is 16.3. The number of alkyl halides is 3. The molecule has 0 unspecified atom stereocenters. The second-order valence-electron chi connectivity index (χ2n) is 10.1. The van der Waals surface area contributed by atoms with E-state index < -0.39 is 53.3 Å². The number of ether oxygens (including phenoxy) is 1. The summed E-state index contributed by atoms with van der Waals surface area (Å²) in [6.45, 7) is 9.32. The van der Waals surface area contributed by atoms with Crippen LogP contribution in [0.15, 0.2) is 34.2 Å². The largest absolute Gasteiger partial charge is 0.465 e. The maximum absolute atomic E-state index is 13.4. The Morgan fingerprint density at radius 2 is 1.81 bits per heavy atom. The highest BCUT2D eigenvalue weighted by Crippen LogP contribution is 2.41. The fourth-order valence-corrected chi connectivity index (χ4v) is 4.84. The minimum atomic E-state index is -4.66. The van der Waals surface area contributed by atoms with Gasteiger partial charge in [-0.15, -0.1) is 11.3 Å². The minimum absolute atomic E-state index is 0.0365. The molecule has 0 aliphatic rings. The number of aliphatic hydroxyl groups is 1. The van der Waals surface area contributed by atoms with Gasteiger partial charge in [0, 0.05) is 28.1 Å². The number of nitrogens with zero attached hydrogens (tertiary/aromatic N) is 2. The number of nitrogens with one attached hydrogen (secondary N) is 1. The molecule has 0 radical (unpaired) electrons. The van der Waals surface area contributed by atoms with Gasteiger partial charge >= 0.3 is 18.4 Å². The second-order valence-corrected chi connectivity index (χ2v) is 11.8. The minimum Gasteiger partial charge on any atom is -0.465 e. The van der Waals surface area contributed by atoms with Gasteiger partial charge in [0.25, 0.3) is 0 Å². The summed E-state index contributed by atoms with van der Waals surface area (Å²) < 4.78 is 45.1. The molecule has 0 aliphatic heterocycles. The number of hydrogen-bond donors (Lipinski definition) is 3. The monoisotopic (exact) mass is 595 g/mol. The Kier molecular flexibility index (Phi) is 8.74. The van der Waals surface area contributed by atoms with E-state index in [1.165, 1.54) is 6.20 Å². The molecule has 36 heavy (non-hydrogen) atoms. The van der Waals surface area contributed by atoms with Crippen LogP contribution in [0, 0.1) is 0 Å². The molecular formula is C23H29BrF3N3O5S. The molecule has 2 aromatic rings.